The van der Waals surface area contributed by atoms with E-state index < -0.39 is 23.6 Å². The molecule has 1 heterocycles. The third-order valence-corrected chi connectivity index (χ3v) is 1.80. The predicted molar refractivity (Wildman–Crippen MR) is 44.1 cm³/mol. The molecule has 0 aliphatic heterocycles. The Morgan fingerprint density at radius 3 is 2.64 bits per heavy atom. The highest BCUT2D eigenvalue weighted by atomic mass is 19.3. The van der Waals surface area contributed by atoms with Gasteiger partial charge >= 0.3 is 0 Å². The van der Waals surface area contributed by atoms with E-state index >= 15 is 0 Å². The number of hydrogen-bond acceptors (Lipinski definition) is 3. The minimum Gasteiger partial charge on any atom is -0.506 e. The topological polar surface area (TPSA) is 76.2 Å². The second-order valence-corrected chi connectivity index (χ2v) is 2.70. The van der Waals surface area contributed by atoms with Gasteiger partial charge in [-0.3, -0.25) is 4.79 Å². The molecule has 4 nitrogen and oxygen atoms in total. The lowest BCUT2D eigenvalue weighted by molar-refractivity contribution is 0.0994. The van der Waals surface area contributed by atoms with Gasteiger partial charge in [-0.15, -0.1) is 0 Å². The average Bonchev–Trinajstić information content (AvgIpc) is 2.02. The van der Waals surface area contributed by atoms with Gasteiger partial charge in [-0.25, -0.2) is 13.8 Å². The van der Waals surface area contributed by atoms with Crippen molar-refractivity contribution in [2.75, 3.05) is 0 Å². The van der Waals surface area contributed by atoms with Gasteiger partial charge in [0.05, 0.1) is 11.8 Å². The molecule has 1 amide bonds. The van der Waals surface area contributed by atoms with Gasteiger partial charge in [0.2, 0.25) is 0 Å². The number of halogens is 2. The van der Waals surface area contributed by atoms with E-state index in [0.29, 0.717) is 0 Å². The molecule has 1 aromatic heterocycles. The van der Waals surface area contributed by atoms with Crippen LogP contribution in [-0.2, 0) is 0 Å². The summed E-state index contributed by atoms with van der Waals surface area (Å²) in [6, 6.07) is 0. The molecule has 76 valence electrons. The molecule has 3 N–H and O–H groups in total. The maximum absolute atomic E-state index is 12.4. The molecule has 0 aromatic carbocycles. The van der Waals surface area contributed by atoms with Crippen LogP contribution in [0.15, 0.2) is 6.20 Å². The zero-order valence-corrected chi connectivity index (χ0v) is 7.29. The fourth-order valence-corrected chi connectivity index (χ4v) is 1.14. The number of pyridine rings is 1. The number of carbonyl (C=O) groups excluding carboxylic acids is 1. The second kappa shape index (κ2) is 3.57. The number of aromatic nitrogens is 1. The van der Waals surface area contributed by atoms with Crippen molar-refractivity contribution in [2.24, 2.45) is 5.73 Å². The standard InChI is InChI=1S/C8H8F2N2O2/c1-3-5(7(9)10)4(13)2-12-6(3)8(11)14/h2,7,13H,1H3,(H2,11,14). The molecule has 0 aliphatic rings. The Hall–Kier alpha value is -1.72. The summed E-state index contributed by atoms with van der Waals surface area (Å²) in [7, 11) is 0. The van der Waals surface area contributed by atoms with Gasteiger partial charge in [-0.2, -0.15) is 0 Å². The number of nitrogens with two attached hydrogens (primary N) is 1. The van der Waals surface area contributed by atoms with Gasteiger partial charge in [-0.1, -0.05) is 0 Å². The van der Waals surface area contributed by atoms with E-state index in [2.05, 4.69) is 4.98 Å². The molecule has 0 saturated carbocycles. The summed E-state index contributed by atoms with van der Waals surface area (Å²) < 4.78 is 24.8. The Morgan fingerprint density at radius 1 is 1.64 bits per heavy atom. The predicted octanol–water partition coefficient (Wildman–Crippen LogP) is 1.13. The molecule has 0 atom stereocenters. The zero-order chi connectivity index (χ0) is 10.9. The maximum atomic E-state index is 12.4. The van der Waals surface area contributed by atoms with Crippen LogP contribution in [0.2, 0.25) is 0 Å². The lowest BCUT2D eigenvalue weighted by Crippen LogP contribution is -2.16. The second-order valence-electron chi connectivity index (χ2n) is 2.70. The fourth-order valence-electron chi connectivity index (χ4n) is 1.14. The van der Waals surface area contributed by atoms with Crippen LogP contribution in [0.25, 0.3) is 0 Å². The Kier molecular flexibility index (Phi) is 2.64. The smallest absolute Gasteiger partial charge is 0.267 e. The highest BCUT2D eigenvalue weighted by Gasteiger charge is 2.20. The van der Waals surface area contributed by atoms with Gasteiger partial charge in [0.15, 0.2) is 0 Å². The van der Waals surface area contributed by atoms with Crippen molar-refractivity contribution in [3.63, 3.8) is 0 Å². The van der Waals surface area contributed by atoms with Gasteiger partial charge in [0, 0.05) is 0 Å². The van der Waals surface area contributed by atoms with Crippen molar-refractivity contribution in [1.29, 1.82) is 0 Å². The summed E-state index contributed by atoms with van der Waals surface area (Å²) in [5.74, 6) is -1.54. The molecule has 0 spiro atoms. The van der Waals surface area contributed by atoms with E-state index in [-0.39, 0.29) is 11.3 Å². The first-order chi connectivity index (χ1) is 6.45. The number of carbonyl (C=O) groups is 1. The number of primary amides is 1. The van der Waals surface area contributed by atoms with Crippen molar-refractivity contribution in [3.8, 4) is 5.75 Å². The molecule has 6 heteroatoms. The monoisotopic (exact) mass is 202 g/mol. The van der Waals surface area contributed by atoms with Gasteiger partial charge in [-0.05, 0) is 12.5 Å². The summed E-state index contributed by atoms with van der Waals surface area (Å²) in [6.45, 7) is 1.26. The number of rotatable bonds is 2. The quantitative estimate of drug-likeness (QED) is 0.754. The first kappa shape index (κ1) is 10.4. The number of nitrogens with zero attached hydrogens (tertiary/aromatic N) is 1. The van der Waals surface area contributed by atoms with Crippen molar-refractivity contribution in [2.45, 2.75) is 13.3 Å². The summed E-state index contributed by atoms with van der Waals surface area (Å²) in [4.78, 5) is 14.2. The molecule has 14 heavy (non-hydrogen) atoms. The fraction of sp³-hybridized carbons (Fsp3) is 0.250. The number of aromatic hydroxyl groups is 1. The summed E-state index contributed by atoms with van der Waals surface area (Å²) in [5, 5.41) is 9.07. The molecule has 1 aromatic rings. The third kappa shape index (κ3) is 1.63. The first-order valence-corrected chi connectivity index (χ1v) is 3.71. The van der Waals surface area contributed by atoms with Crippen LogP contribution >= 0.6 is 0 Å². The highest BCUT2D eigenvalue weighted by molar-refractivity contribution is 5.92. The zero-order valence-electron chi connectivity index (χ0n) is 7.29. The number of amides is 1. The highest BCUT2D eigenvalue weighted by Crippen LogP contribution is 2.31. The van der Waals surface area contributed by atoms with E-state index in [1.807, 2.05) is 0 Å². The van der Waals surface area contributed by atoms with Gasteiger partial charge in [0.1, 0.15) is 11.4 Å². The minimum atomic E-state index is -2.86. The Balaban J connectivity index is 3.41. The minimum absolute atomic E-state index is 0.0903. The third-order valence-electron chi connectivity index (χ3n) is 1.80. The molecular weight excluding hydrogens is 194 g/mol. The summed E-state index contributed by atoms with van der Waals surface area (Å²) >= 11 is 0. The van der Waals surface area contributed by atoms with Crippen molar-refractivity contribution >= 4 is 5.91 Å². The van der Waals surface area contributed by atoms with Crippen molar-refractivity contribution < 1.29 is 18.7 Å². The van der Waals surface area contributed by atoms with Crippen LogP contribution in [0.4, 0.5) is 8.78 Å². The molecule has 0 bridgehead atoms. The Labute approximate surface area is 78.4 Å². The summed E-state index contributed by atoms with van der Waals surface area (Å²) in [6.07, 6.45) is -2.08. The lowest BCUT2D eigenvalue weighted by atomic mass is 10.1. The van der Waals surface area contributed by atoms with Crippen molar-refractivity contribution in [1.82, 2.24) is 4.98 Å². The molecule has 1 rings (SSSR count). The number of alkyl halides is 2. The van der Waals surface area contributed by atoms with Gasteiger partial charge in [0.25, 0.3) is 12.3 Å². The van der Waals surface area contributed by atoms with E-state index in [4.69, 9.17) is 10.8 Å². The van der Waals surface area contributed by atoms with E-state index in [0.717, 1.165) is 6.20 Å². The average molecular weight is 202 g/mol. The number of hydrogen-bond donors (Lipinski definition) is 2. The molecule has 0 radical (unpaired) electrons. The first-order valence-electron chi connectivity index (χ1n) is 3.71. The van der Waals surface area contributed by atoms with Crippen LogP contribution in [0, 0.1) is 6.92 Å². The molecule has 0 unspecified atom stereocenters. The van der Waals surface area contributed by atoms with Crippen LogP contribution in [0.1, 0.15) is 28.0 Å². The maximum Gasteiger partial charge on any atom is 0.267 e. The molecule has 0 saturated heterocycles. The Morgan fingerprint density at radius 2 is 2.21 bits per heavy atom. The lowest BCUT2D eigenvalue weighted by Gasteiger charge is -2.09. The van der Waals surface area contributed by atoms with Crippen molar-refractivity contribution in [3.05, 3.63) is 23.0 Å². The van der Waals surface area contributed by atoms with E-state index in [9.17, 15) is 13.6 Å². The van der Waals surface area contributed by atoms with E-state index in [1.165, 1.54) is 6.92 Å². The van der Waals surface area contributed by atoms with Crippen LogP contribution < -0.4 is 5.73 Å². The van der Waals surface area contributed by atoms with Crippen LogP contribution in [-0.4, -0.2) is 16.0 Å². The molecular formula is C8H8F2N2O2. The Bertz CT molecular complexity index is 380. The molecule has 0 fully saturated rings. The SMILES string of the molecule is Cc1c(C(N)=O)ncc(O)c1C(F)F. The molecule has 0 aliphatic carbocycles. The van der Waals surface area contributed by atoms with Crippen LogP contribution in [0.3, 0.4) is 0 Å². The summed E-state index contributed by atoms with van der Waals surface area (Å²) in [5.41, 5.74) is 3.96. The van der Waals surface area contributed by atoms with E-state index in [1.54, 1.807) is 0 Å². The largest absolute Gasteiger partial charge is 0.506 e. The van der Waals surface area contributed by atoms with Crippen LogP contribution in [0.5, 0.6) is 5.75 Å². The normalized spacial score (nSPS) is 10.6. The van der Waals surface area contributed by atoms with Gasteiger partial charge < -0.3 is 10.8 Å².